The van der Waals surface area contributed by atoms with Crippen LogP contribution in [0.1, 0.15) is 58.4 Å². The minimum absolute atomic E-state index is 0.0184. The predicted molar refractivity (Wildman–Crippen MR) is 120 cm³/mol. The summed E-state index contributed by atoms with van der Waals surface area (Å²) in [6, 6.07) is 9.69. The largest absolute Gasteiger partial charge is 0.444 e. The number of ether oxygens (including phenoxy) is 2. The Kier molecular flexibility index (Phi) is 7.77. The summed E-state index contributed by atoms with van der Waals surface area (Å²) in [4.78, 5) is 28.5. The smallest absolute Gasteiger partial charge is 0.414 e. The number of benzene rings is 1. The number of carbonyl (C=O) groups excluding carboxylic acids is 2. The number of amides is 2. The molecule has 6 nitrogen and oxygen atoms in total. The van der Waals surface area contributed by atoms with Crippen molar-refractivity contribution in [2.75, 3.05) is 13.1 Å². The van der Waals surface area contributed by atoms with E-state index in [-0.39, 0.29) is 24.8 Å². The molecule has 1 fully saturated rings. The molecule has 2 aliphatic heterocycles. The number of piperidine rings is 1. The lowest BCUT2D eigenvalue weighted by molar-refractivity contribution is 0.0149. The van der Waals surface area contributed by atoms with Crippen molar-refractivity contribution in [3.63, 3.8) is 0 Å². The van der Waals surface area contributed by atoms with Crippen LogP contribution in [-0.2, 0) is 16.1 Å². The number of hydrogen-bond acceptors (Lipinski definition) is 4. The highest BCUT2D eigenvalue weighted by molar-refractivity contribution is 5.70. The molecule has 0 saturated carbocycles. The minimum Gasteiger partial charge on any atom is -0.444 e. The first-order valence-electron chi connectivity index (χ1n) is 11.2. The number of likely N-dealkylation sites (tertiary alicyclic amines) is 1. The first-order valence-corrected chi connectivity index (χ1v) is 11.2. The van der Waals surface area contributed by atoms with E-state index >= 15 is 0 Å². The summed E-state index contributed by atoms with van der Waals surface area (Å²) in [6.45, 7) is 7.29. The van der Waals surface area contributed by atoms with E-state index in [0.29, 0.717) is 13.1 Å². The molecule has 0 spiro atoms. The number of rotatable bonds is 4. The van der Waals surface area contributed by atoms with Crippen molar-refractivity contribution in [3.05, 3.63) is 59.8 Å². The normalized spacial score (nSPS) is 19.8. The Morgan fingerprint density at radius 2 is 1.84 bits per heavy atom. The Morgan fingerprint density at radius 3 is 2.58 bits per heavy atom. The van der Waals surface area contributed by atoms with Crippen LogP contribution in [0.25, 0.3) is 0 Å². The van der Waals surface area contributed by atoms with Gasteiger partial charge < -0.3 is 14.4 Å². The average Bonchev–Trinajstić information content (AvgIpc) is 2.76. The highest BCUT2D eigenvalue weighted by Gasteiger charge is 2.29. The van der Waals surface area contributed by atoms with Gasteiger partial charge >= 0.3 is 12.2 Å². The van der Waals surface area contributed by atoms with Crippen molar-refractivity contribution >= 4 is 12.2 Å². The fourth-order valence-electron chi connectivity index (χ4n) is 3.79. The third-order valence-corrected chi connectivity index (χ3v) is 5.34. The zero-order valence-electron chi connectivity index (χ0n) is 18.9. The van der Waals surface area contributed by atoms with Gasteiger partial charge in [-0.3, -0.25) is 4.90 Å². The predicted octanol–water partition coefficient (Wildman–Crippen LogP) is 5.65. The molecule has 0 radical (unpaired) electrons. The molecule has 168 valence electrons. The average molecular weight is 427 g/mol. The molecule has 0 unspecified atom stereocenters. The summed E-state index contributed by atoms with van der Waals surface area (Å²) in [6.07, 6.45) is 10.2. The van der Waals surface area contributed by atoms with Gasteiger partial charge in [-0.2, -0.15) is 0 Å². The lowest BCUT2D eigenvalue weighted by atomic mass is 10.00. The van der Waals surface area contributed by atoms with Gasteiger partial charge in [-0.05, 0) is 64.0 Å². The standard InChI is InChI=1S/C25H34N2O4/c1-25(2,3)31-24(29)27-17-8-7-13-22(27)15-14-20-12-9-16-26(18-20)23(28)30-19-21-10-5-4-6-11-21/h4-6,10-11,14-15,18,22H,7-9,12-13,16-17,19H2,1-3H3/b15-14+/t22-/m1/s1. The van der Waals surface area contributed by atoms with Crippen molar-refractivity contribution in [2.24, 2.45) is 0 Å². The summed E-state index contributed by atoms with van der Waals surface area (Å²) >= 11 is 0. The Labute approximate surface area is 185 Å². The topological polar surface area (TPSA) is 59.1 Å². The highest BCUT2D eigenvalue weighted by Crippen LogP contribution is 2.23. The maximum absolute atomic E-state index is 12.6. The number of nitrogens with zero attached hydrogens (tertiary/aromatic N) is 2. The molecule has 3 rings (SSSR count). The van der Waals surface area contributed by atoms with E-state index in [4.69, 9.17) is 9.47 Å². The molecule has 0 aliphatic carbocycles. The lowest BCUT2D eigenvalue weighted by Gasteiger charge is -2.35. The first-order chi connectivity index (χ1) is 14.8. The van der Waals surface area contributed by atoms with Gasteiger partial charge in [0.25, 0.3) is 0 Å². The molecule has 1 aromatic carbocycles. The van der Waals surface area contributed by atoms with E-state index in [9.17, 15) is 9.59 Å². The van der Waals surface area contributed by atoms with Gasteiger partial charge in [-0.15, -0.1) is 0 Å². The van der Waals surface area contributed by atoms with Crippen molar-refractivity contribution in [1.82, 2.24) is 9.80 Å². The lowest BCUT2D eigenvalue weighted by Crippen LogP contribution is -2.45. The van der Waals surface area contributed by atoms with E-state index in [0.717, 1.165) is 43.2 Å². The van der Waals surface area contributed by atoms with Gasteiger partial charge in [0.2, 0.25) is 0 Å². The summed E-state index contributed by atoms with van der Waals surface area (Å²) in [7, 11) is 0. The molecule has 2 heterocycles. The SMILES string of the molecule is CC(C)(C)OC(=O)N1CCCC[C@@H]1/C=C/C1=CN(C(=O)OCc2ccccc2)CCC1. The molecule has 6 heteroatoms. The van der Waals surface area contributed by atoms with Crippen LogP contribution in [0.2, 0.25) is 0 Å². The molecule has 0 bridgehead atoms. The van der Waals surface area contributed by atoms with Crippen LogP contribution in [-0.4, -0.2) is 46.7 Å². The van der Waals surface area contributed by atoms with Gasteiger partial charge in [0.1, 0.15) is 12.2 Å². The monoisotopic (exact) mass is 426 g/mol. The zero-order valence-corrected chi connectivity index (χ0v) is 18.9. The quantitative estimate of drug-likeness (QED) is 0.624. The molecular weight excluding hydrogens is 392 g/mol. The van der Waals surface area contributed by atoms with E-state index in [1.807, 2.05) is 68.3 Å². The van der Waals surface area contributed by atoms with Crippen LogP contribution in [0.15, 0.2) is 54.3 Å². The van der Waals surface area contributed by atoms with E-state index in [1.54, 1.807) is 4.90 Å². The maximum Gasteiger partial charge on any atom is 0.414 e. The molecule has 0 aromatic heterocycles. The minimum atomic E-state index is -0.505. The Bertz CT molecular complexity index is 811. The molecule has 0 N–H and O–H groups in total. The summed E-state index contributed by atoms with van der Waals surface area (Å²) < 4.78 is 11.0. The van der Waals surface area contributed by atoms with Crippen LogP contribution >= 0.6 is 0 Å². The summed E-state index contributed by atoms with van der Waals surface area (Å²) in [5.41, 5.74) is 1.53. The van der Waals surface area contributed by atoms with Crippen LogP contribution < -0.4 is 0 Å². The van der Waals surface area contributed by atoms with Gasteiger partial charge in [-0.25, -0.2) is 9.59 Å². The van der Waals surface area contributed by atoms with Crippen LogP contribution in [0.5, 0.6) is 0 Å². The maximum atomic E-state index is 12.6. The Morgan fingerprint density at radius 1 is 1.06 bits per heavy atom. The second-order valence-corrected chi connectivity index (χ2v) is 9.14. The number of carbonyl (C=O) groups is 2. The van der Waals surface area contributed by atoms with Crippen molar-refractivity contribution in [2.45, 2.75) is 71.1 Å². The third-order valence-electron chi connectivity index (χ3n) is 5.34. The van der Waals surface area contributed by atoms with Gasteiger partial charge in [0.15, 0.2) is 0 Å². The number of allylic oxidation sites excluding steroid dienone is 2. The van der Waals surface area contributed by atoms with E-state index < -0.39 is 5.60 Å². The molecule has 31 heavy (non-hydrogen) atoms. The van der Waals surface area contributed by atoms with Gasteiger partial charge in [0.05, 0.1) is 6.04 Å². The molecule has 2 amide bonds. The fraction of sp³-hybridized carbons (Fsp3) is 0.520. The molecule has 2 aliphatic rings. The second-order valence-electron chi connectivity index (χ2n) is 9.14. The van der Waals surface area contributed by atoms with Crippen LogP contribution in [0.3, 0.4) is 0 Å². The number of hydrogen-bond donors (Lipinski definition) is 0. The highest BCUT2D eigenvalue weighted by atomic mass is 16.6. The van der Waals surface area contributed by atoms with Crippen molar-refractivity contribution in [3.8, 4) is 0 Å². The van der Waals surface area contributed by atoms with Crippen LogP contribution in [0, 0.1) is 0 Å². The molecule has 1 atom stereocenters. The third kappa shape index (κ3) is 7.16. The fourth-order valence-corrected chi connectivity index (χ4v) is 3.79. The zero-order chi connectivity index (χ0) is 22.3. The van der Waals surface area contributed by atoms with Gasteiger partial charge in [0, 0.05) is 19.3 Å². The van der Waals surface area contributed by atoms with Crippen molar-refractivity contribution < 1.29 is 19.1 Å². The van der Waals surface area contributed by atoms with Crippen LogP contribution in [0.4, 0.5) is 9.59 Å². The molecule has 1 saturated heterocycles. The van der Waals surface area contributed by atoms with E-state index in [1.165, 1.54) is 0 Å². The Hall–Kier alpha value is -2.76. The van der Waals surface area contributed by atoms with Gasteiger partial charge in [-0.1, -0.05) is 42.5 Å². The molecule has 1 aromatic rings. The summed E-state index contributed by atoms with van der Waals surface area (Å²) in [5.74, 6) is 0. The van der Waals surface area contributed by atoms with E-state index in [2.05, 4.69) is 6.08 Å². The molecular formula is C25H34N2O4. The Balaban J connectivity index is 1.59. The second kappa shape index (κ2) is 10.5. The first kappa shape index (κ1) is 22.9. The van der Waals surface area contributed by atoms with Crippen molar-refractivity contribution in [1.29, 1.82) is 0 Å². The summed E-state index contributed by atoms with van der Waals surface area (Å²) in [5, 5.41) is 0.